The number of fused-ring (bicyclic) bond motifs is 1. The Labute approximate surface area is 515 Å². The first-order valence-electron chi connectivity index (χ1n) is 27.7. The van der Waals surface area contributed by atoms with Crippen LogP contribution in [0, 0.1) is 37.8 Å². The molecule has 0 radical (unpaired) electrons. The number of nitrogens with one attached hydrogen (secondary N) is 1. The van der Waals surface area contributed by atoms with Gasteiger partial charge in [-0.25, -0.2) is 39.3 Å². The van der Waals surface area contributed by atoms with Gasteiger partial charge in [0.2, 0.25) is 22.1 Å². The van der Waals surface area contributed by atoms with Crippen LogP contribution in [0.4, 0.5) is 31.6 Å². The number of rotatable bonds is 8. The molecule has 30 heteroatoms. The van der Waals surface area contributed by atoms with Crippen LogP contribution in [-0.2, 0) is 21.3 Å². The van der Waals surface area contributed by atoms with Crippen molar-refractivity contribution in [1.29, 1.82) is 0 Å². The van der Waals surface area contributed by atoms with Crippen LogP contribution < -0.4 is 20.5 Å². The Kier molecular flexibility index (Phi) is 24.2. The first kappa shape index (κ1) is 69.4. The SMILES string of the molecule is CC(C)(C)OC(=O)N1CC[C@H](O)C1.CNc1ncnc(OC2CCN(C(=O)OC(C)(C)C)C2)c1N.Cc1cc(-c2nc3c(OC4CCN(C(=O)OC(C)(C)C)C4)ncnc3n2C)cnc1C.Cc1cc(C=O)cnc1C.O=[N+]([O-])c1c(Cl)ncnc1Cl. The second kappa shape index (κ2) is 30.3. The molecule has 3 amide bonds. The fourth-order valence-electron chi connectivity index (χ4n) is 8.16. The first-order chi connectivity index (χ1) is 40.7. The standard InChI is InChI=1S/C22H28N6O3.C14H23N5O3.C9H17NO3.C8H9NO.C4HCl2N3O2/c1-13-9-15(10-23-14(13)2)18-26-17-19(27(18)6)24-12-25-20(17)30-16-7-8-28(11-16)21(29)31-22(3,4)5;1-14(2,3)22-13(20)19-6-5-9(7-19)21-12-10(15)11(16-4)17-8-18-12;1-9(2,3)13-8(12)10-5-4-7(11)6-10;1-6-3-8(5-10)4-9-7(6)2;5-3-2(9(10)11)4(6)8-1-7-3/h9-10,12,16H,7-8,11H2,1-6H3;8-9H,5-7,15H2,1-4H3,(H,16,17,18);7,11H,4-6H2,1-3H3;3-5H,1-2H3;1H/t;;7-;;/m..0../s1. The third-order valence-corrected chi connectivity index (χ3v) is 13.2. The predicted molar refractivity (Wildman–Crippen MR) is 325 cm³/mol. The quantitative estimate of drug-likeness (QED) is 0.0420. The van der Waals surface area contributed by atoms with Crippen LogP contribution in [0.2, 0.25) is 10.3 Å². The normalized spacial score (nSPS) is 16.3. The molecule has 3 aliphatic rings. The highest BCUT2D eigenvalue weighted by atomic mass is 35.5. The van der Waals surface area contributed by atoms with Crippen molar-refractivity contribution in [3.05, 3.63) is 92.0 Å². The number of carbonyl (C=O) groups excluding carboxylic acids is 4. The zero-order valence-electron chi connectivity index (χ0n) is 51.7. The lowest BCUT2D eigenvalue weighted by Crippen LogP contribution is -2.36. The second-order valence-electron chi connectivity index (χ2n) is 23.3. The van der Waals surface area contributed by atoms with Crippen molar-refractivity contribution in [2.75, 3.05) is 57.4 Å². The second-order valence-corrected chi connectivity index (χ2v) is 24.0. The zero-order chi connectivity index (χ0) is 64.7. The molecule has 3 saturated heterocycles. The fraction of sp³-hybridized carbons (Fsp3) is 0.526. The Morgan fingerprint density at radius 3 is 1.60 bits per heavy atom. The van der Waals surface area contributed by atoms with E-state index < -0.39 is 27.4 Å². The van der Waals surface area contributed by atoms with E-state index in [4.69, 9.17) is 57.6 Å². The van der Waals surface area contributed by atoms with Crippen LogP contribution in [0.5, 0.6) is 11.8 Å². The molecule has 0 bridgehead atoms. The molecule has 0 aromatic carbocycles. The number of hydrogen-bond donors (Lipinski definition) is 3. The van der Waals surface area contributed by atoms with E-state index in [0.29, 0.717) is 98.5 Å². The molecule has 472 valence electrons. The maximum absolute atomic E-state index is 12.3. The van der Waals surface area contributed by atoms with Crippen LogP contribution in [0.25, 0.3) is 22.6 Å². The van der Waals surface area contributed by atoms with E-state index in [-0.39, 0.29) is 46.9 Å². The number of nitrogens with zero attached hydrogens (tertiary/aromatic N) is 14. The molecule has 3 aliphatic heterocycles. The number of halogens is 2. The number of β-amino-alcohol motifs (C(OH)–C–C–N with tert-alkyl or cyclic N) is 1. The summed E-state index contributed by atoms with van der Waals surface area (Å²) >= 11 is 10.7. The van der Waals surface area contributed by atoms with Gasteiger partial charge in [0.15, 0.2) is 23.3 Å². The number of anilines is 2. The van der Waals surface area contributed by atoms with Gasteiger partial charge in [0, 0.05) is 88.0 Å². The molecule has 9 rings (SSSR count). The van der Waals surface area contributed by atoms with Crippen molar-refractivity contribution >= 4 is 76.1 Å². The summed E-state index contributed by atoms with van der Waals surface area (Å²) < 4.78 is 29.8. The van der Waals surface area contributed by atoms with Crippen LogP contribution in [-0.4, -0.2) is 180 Å². The molecule has 6 aromatic rings. The summed E-state index contributed by atoms with van der Waals surface area (Å²) in [4.78, 5) is 97.0. The van der Waals surface area contributed by atoms with Gasteiger partial charge >= 0.3 is 24.0 Å². The van der Waals surface area contributed by atoms with Crippen molar-refractivity contribution in [2.45, 2.75) is 144 Å². The average Bonchev–Trinajstić information content (AvgIpc) is 1.78. The number of nitro groups is 1. The molecular formula is C57H78Cl2N16O12. The number of likely N-dealkylation sites (tertiary alicyclic amines) is 3. The van der Waals surface area contributed by atoms with Gasteiger partial charge in [0.25, 0.3) is 0 Å². The minimum Gasteiger partial charge on any atom is -0.471 e. The Bertz CT molecular complexity index is 3350. The molecule has 6 aromatic heterocycles. The summed E-state index contributed by atoms with van der Waals surface area (Å²) in [6.07, 6.45) is 8.46. The molecular weight excluding hydrogens is 1170 g/mol. The third kappa shape index (κ3) is 20.9. The van der Waals surface area contributed by atoms with Gasteiger partial charge in [-0.3, -0.25) is 24.9 Å². The molecule has 87 heavy (non-hydrogen) atoms. The summed E-state index contributed by atoms with van der Waals surface area (Å²) in [5, 5.41) is 21.8. The first-order valence-corrected chi connectivity index (χ1v) is 28.5. The summed E-state index contributed by atoms with van der Waals surface area (Å²) in [5.74, 6) is 2.01. The van der Waals surface area contributed by atoms with Gasteiger partial charge in [0.1, 0.15) is 59.5 Å². The number of carbonyl (C=O) groups is 4. The topological polar surface area (TPSA) is 347 Å². The number of aryl methyl sites for hydroxylation is 5. The van der Waals surface area contributed by atoms with E-state index in [1.165, 1.54) is 17.6 Å². The number of ether oxygens (including phenoxy) is 5. The molecule has 9 heterocycles. The van der Waals surface area contributed by atoms with Crippen LogP contribution in [0.3, 0.4) is 0 Å². The van der Waals surface area contributed by atoms with E-state index in [9.17, 15) is 34.4 Å². The van der Waals surface area contributed by atoms with Crippen molar-refractivity contribution in [3.63, 3.8) is 0 Å². The number of aromatic nitrogens is 10. The van der Waals surface area contributed by atoms with Gasteiger partial charge in [-0.2, -0.15) is 9.97 Å². The summed E-state index contributed by atoms with van der Waals surface area (Å²) in [6, 6.07) is 3.89. The predicted octanol–water partition coefficient (Wildman–Crippen LogP) is 9.11. The number of aliphatic hydroxyl groups is 1. The molecule has 4 N–H and O–H groups in total. The largest absolute Gasteiger partial charge is 0.471 e. The monoisotopic (exact) mass is 1250 g/mol. The Hall–Kier alpha value is -8.37. The molecule has 0 spiro atoms. The molecule has 3 atom stereocenters. The average molecular weight is 1250 g/mol. The molecule has 0 aliphatic carbocycles. The van der Waals surface area contributed by atoms with E-state index in [1.807, 2.05) is 114 Å². The molecule has 28 nitrogen and oxygen atoms in total. The number of aliphatic hydroxyl groups excluding tert-OH is 1. The lowest BCUT2D eigenvalue weighted by Gasteiger charge is -2.24. The van der Waals surface area contributed by atoms with Crippen molar-refractivity contribution in [2.24, 2.45) is 7.05 Å². The van der Waals surface area contributed by atoms with Crippen LogP contribution in [0.1, 0.15) is 114 Å². The number of imidazole rings is 1. The smallest absolute Gasteiger partial charge is 0.410 e. The Morgan fingerprint density at radius 2 is 1.15 bits per heavy atom. The number of hydrogen-bond acceptors (Lipinski definition) is 23. The van der Waals surface area contributed by atoms with Crippen molar-refractivity contribution in [3.8, 4) is 23.1 Å². The third-order valence-electron chi connectivity index (χ3n) is 12.7. The van der Waals surface area contributed by atoms with Crippen LogP contribution in [0.15, 0.2) is 43.5 Å². The molecule has 0 saturated carbocycles. The lowest BCUT2D eigenvalue weighted by molar-refractivity contribution is -0.385. The van der Waals surface area contributed by atoms with Gasteiger partial charge in [-0.1, -0.05) is 23.2 Å². The van der Waals surface area contributed by atoms with E-state index in [2.05, 4.69) is 51.3 Å². The fourth-order valence-corrected chi connectivity index (χ4v) is 8.61. The maximum atomic E-state index is 12.3. The number of pyridine rings is 2. The summed E-state index contributed by atoms with van der Waals surface area (Å²) in [6.45, 7) is 27.5. The minimum absolute atomic E-state index is 0.158. The highest BCUT2D eigenvalue weighted by Gasteiger charge is 2.34. The number of aldehydes is 1. The number of nitrogen functional groups attached to an aromatic ring is 1. The maximum Gasteiger partial charge on any atom is 0.410 e. The van der Waals surface area contributed by atoms with E-state index in [1.54, 1.807) is 23.0 Å². The van der Waals surface area contributed by atoms with Gasteiger partial charge in [0.05, 0.1) is 24.1 Å². The lowest BCUT2D eigenvalue weighted by atomic mass is 10.1. The van der Waals surface area contributed by atoms with Gasteiger partial charge < -0.3 is 59.1 Å². The van der Waals surface area contributed by atoms with Gasteiger partial charge in [-0.15, -0.1) is 0 Å². The van der Waals surface area contributed by atoms with E-state index >= 15 is 0 Å². The highest BCUT2D eigenvalue weighted by molar-refractivity contribution is 6.36. The summed E-state index contributed by atoms with van der Waals surface area (Å²) in [5.41, 5.74) is 11.3. The van der Waals surface area contributed by atoms with Crippen molar-refractivity contribution < 1.29 is 52.9 Å². The molecule has 2 unspecified atom stereocenters. The van der Waals surface area contributed by atoms with Gasteiger partial charge in [-0.05, 0) is 120 Å². The Morgan fingerprint density at radius 1 is 0.690 bits per heavy atom. The molecule has 3 fully saturated rings. The number of nitrogens with two attached hydrogens (primary N) is 1. The zero-order valence-corrected chi connectivity index (χ0v) is 53.3. The minimum atomic E-state index is -0.731. The Balaban J connectivity index is 0.000000214. The van der Waals surface area contributed by atoms with Crippen LogP contribution >= 0.6 is 23.2 Å². The highest BCUT2D eigenvalue weighted by Crippen LogP contribution is 2.31. The van der Waals surface area contributed by atoms with E-state index in [0.717, 1.165) is 46.5 Å². The van der Waals surface area contributed by atoms with Crippen molar-refractivity contribution in [1.82, 2.24) is 64.1 Å². The number of amides is 3. The summed E-state index contributed by atoms with van der Waals surface area (Å²) in [7, 11) is 3.64.